The quantitative estimate of drug-likeness (QED) is 0.589. The Morgan fingerprint density at radius 2 is 1.93 bits per heavy atom. The molecule has 3 amide bonds. The lowest BCUT2D eigenvalue weighted by Gasteiger charge is -2.26. The molecule has 0 atom stereocenters. The summed E-state index contributed by atoms with van der Waals surface area (Å²) in [6.07, 6.45) is 5.05. The monoisotopic (exact) mass is 384 g/mol. The van der Waals surface area contributed by atoms with E-state index in [-0.39, 0.29) is 11.9 Å². The van der Waals surface area contributed by atoms with Crippen LogP contribution in [0.1, 0.15) is 29.6 Å². The predicted octanol–water partition coefficient (Wildman–Crippen LogP) is 3.62. The molecule has 2 N–H and O–H groups in total. The number of amides is 3. The van der Waals surface area contributed by atoms with Crippen LogP contribution < -0.4 is 10.6 Å². The van der Waals surface area contributed by atoms with Crippen molar-refractivity contribution < 1.29 is 9.59 Å². The standard InChI is InChI=1S/C20H24N4O2S/c25-19(24-12-4-1-5-13-24)16-7-6-8-17(15-16)23-20(26)22-11-14-27-18-9-2-3-10-21-18/h2-3,6-10,15H,1,4-5,11-14H2,(H2,22,23,26). The third kappa shape index (κ3) is 5.99. The second kappa shape index (κ2) is 9.97. The first-order valence-electron chi connectivity index (χ1n) is 9.20. The highest BCUT2D eigenvalue weighted by Gasteiger charge is 2.18. The van der Waals surface area contributed by atoms with E-state index < -0.39 is 0 Å². The number of nitrogens with zero attached hydrogens (tertiary/aromatic N) is 2. The maximum Gasteiger partial charge on any atom is 0.319 e. The number of hydrogen-bond acceptors (Lipinski definition) is 4. The lowest BCUT2D eigenvalue weighted by atomic mass is 10.1. The summed E-state index contributed by atoms with van der Waals surface area (Å²) in [6, 6.07) is 12.6. The number of hydrogen-bond donors (Lipinski definition) is 2. The van der Waals surface area contributed by atoms with E-state index >= 15 is 0 Å². The number of thioether (sulfide) groups is 1. The fourth-order valence-corrected chi connectivity index (χ4v) is 3.66. The number of aromatic nitrogens is 1. The SMILES string of the molecule is O=C(NCCSc1ccccn1)Nc1cccc(C(=O)N2CCCCC2)c1. The first kappa shape index (κ1) is 19.2. The van der Waals surface area contributed by atoms with Crippen molar-refractivity contribution in [1.29, 1.82) is 0 Å². The summed E-state index contributed by atoms with van der Waals surface area (Å²) in [5.41, 5.74) is 1.23. The van der Waals surface area contributed by atoms with Gasteiger partial charge in [0.05, 0.1) is 5.03 Å². The molecule has 1 aliphatic heterocycles. The molecule has 7 heteroatoms. The van der Waals surface area contributed by atoms with Crippen LogP contribution in [0.15, 0.2) is 53.7 Å². The average Bonchev–Trinajstić information content (AvgIpc) is 2.72. The molecule has 142 valence electrons. The van der Waals surface area contributed by atoms with Crippen molar-refractivity contribution in [2.75, 3.05) is 30.7 Å². The second-order valence-electron chi connectivity index (χ2n) is 6.33. The summed E-state index contributed by atoms with van der Waals surface area (Å²) < 4.78 is 0. The maximum atomic E-state index is 12.6. The normalized spacial score (nSPS) is 13.9. The van der Waals surface area contributed by atoms with Gasteiger partial charge in [0.25, 0.3) is 5.91 Å². The summed E-state index contributed by atoms with van der Waals surface area (Å²) in [5.74, 6) is 0.767. The highest BCUT2D eigenvalue weighted by atomic mass is 32.2. The van der Waals surface area contributed by atoms with Crippen molar-refractivity contribution in [3.05, 3.63) is 54.2 Å². The molecular formula is C20H24N4O2S. The average molecular weight is 385 g/mol. The van der Waals surface area contributed by atoms with Crippen molar-refractivity contribution in [2.45, 2.75) is 24.3 Å². The van der Waals surface area contributed by atoms with E-state index in [1.54, 1.807) is 42.2 Å². The summed E-state index contributed by atoms with van der Waals surface area (Å²) in [5, 5.41) is 6.55. The molecule has 3 rings (SSSR count). The zero-order valence-electron chi connectivity index (χ0n) is 15.2. The molecule has 1 fully saturated rings. The Morgan fingerprint density at radius 1 is 1.07 bits per heavy atom. The van der Waals surface area contributed by atoms with Crippen molar-refractivity contribution in [3.63, 3.8) is 0 Å². The smallest absolute Gasteiger partial charge is 0.319 e. The van der Waals surface area contributed by atoms with Crippen LogP contribution in [0.4, 0.5) is 10.5 Å². The highest BCUT2D eigenvalue weighted by molar-refractivity contribution is 7.99. The van der Waals surface area contributed by atoms with E-state index in [2.05, 4.69) is 15.6 Å². The molecule has 2 heterocycles. The number of anilines is 1. The first-order valence-corrected chi connectivity index (χ1v) is 10.2. The molecule has 0 spiro atoms. The van der Waals surface area contributed by atoms with E-state index in [1.165, 1.54) is 6.42 Å². The van der Waals surface area contributed by atoms with E-state index in [0.29, 0.717) is 17.8 Å². The summed E-state index contributed by atoms with van der Waals surface area (Å²) in [4.78, 5) is 30.7. The second-order valence-corrected chi connectivity index (χ2v) is 7.45. The zero-order valence-corrected chi connectivity index (χ0v) is 16.0. The first-order chi connectivity index (χ1) is 13.2. The van der Waals surface area contributed by atoms with Crippen molar-refractivity contribution in [1.82, 2.24) is 15.2 Å². The largest absolute Gasteiger partial charge is 0.339 e. The number of urea groups is 1. The number of nitrogens with one attached hydrogen (secondary N) is 2. The van der Waals surface area contributed by atoms with E-state index in [9.17, 15) is 9.59 Å². The van der Waals surface area contributed by atoms with Gasteiger partial charge in [-0.3, -0.25) is 4.79 Å². The van der Waals surface area contributed by atoms with Crippen LogP contribution in [0.2, 0.25) is 0 Å². The van der Waals surface area contributed by atoms with Gasteiger partial charge in [0.1, 0.15) is 0 Å². The number of carbonyl (C=O) groups is 2. The molecule has 0 saturated carbocycles. The minimum atomic E-state index is -0.279. The number of pyridine rings is 1. The Kier molecular flexibility index (Phi) is 7.10. The lowest BCUT2D eigenvalue weighted by Crippen LogP contribution is -2.35. The molecule has 0 unspecified atom stereocenters. The van der Waals surface area contributed by atoms with Crippen LogP contribution in [0.3, 0.4) is 0 Å². The molecule has 2 aromatic rings. The van der Waals surface area contributed by atoms with Crippen LogP contribution in [0.5, 0.6) is 0 Å². The third-order valence-corrected chi connectivity index (χ3v) is 5.23. The number of piperidine rings is 1. The molecule has 6 nitrogen and oxygen atoms in total. The van der Waals surface area contributed by atoms with Gasteiger partial charge in [-0.25, -0.2) is 9.78 Å². The van der Waals surface area contributed by atoms with Crippen LogP contribution in [0, 0.1) is 0 Å². The van der Waals surface area contributed by atoms with E-state index in [0.717, 1.165) is 36.7 Å². The molecular weight excluding hydrogens is 360 g/mol. The van der Waals surface area contributed by atoms with Crippen LogP contribution >= 0.6 is 11.8 Å². The van der Waals surface area contributed by atoms with Crippen molar-refractivity contribution in [3.8, 4) is 0 Å². The number of benzene rings is 1. The van der Waals surface area contributed by atoms with E-state index in [4.69, 9.17) is 0 Å². The Morgan fingerprint density at radius 3 is 2.70 bits per heavy atom. The van der Waals surface area contributed by atoms with Gasteiger partial charge in [-0.05, 0) is 49.6 Å². The zero-order chi connectivity index (χ0) is 18.9. The Balaban J connectivity index is 1.45. The Hall–Kier alpha value is -2.54. The molecule has 1 aliphatic rings. The maximum absolute atomic E-state index is 12.6. The Bertz CT molecular complexity index is 764. The summed E-state index contributed by atoms with van der Waals surface area (Å²) >= 11 is 1.59. The molecule has 1 saturated heterocycles. The fraction of sp³-hybridized carbons (Fsp3) is 0.350. The molecule has 0 radical (unpaired) electrons. The van der Waals surface area contributed by atoms with Crippen LogP contribution in [0.25, 0.3) is 0 Å². The highest BCUT2D eigenvalue weighted by Crippen LogP contribution is 2.16. The van der Waals surface area contributed by atoms with Gasteiger partial charge in [-0.1, -0.05) is 12.1 Å². The predicted molar refractivity (Wildman–Crippen MR) is 108 cm³/mol. The van der Waals surface area contributed by atoms with E-state index in [1.807, 2.05) is 23.1 Å². The Labute approximate surface area is 163 Å². The summed E-state index contributed by atoms with van der Waals surface area (Å²) in [7, 11) is 0. The van der Waals surface area contributed by atoms with Gasteiger partial charge in [-0.15, -0.1) is 11.8 Å². The van der Waals surface area contributed by atoms with Crippen molar-refractivity contribution >= 4 is 29.4 Å². The lowest BCUT2D eigenvalue weighted by molar-refractivity contribution is 0.0724. The van der Waals surface area contributed by atoms with Gasteiger partial charge in [0.15, 0.2) is 0 Å². The molecule has 1 aromatic carbocycles. The van der Waals surface area contributed by atoms with Crippen molar-refractivity contribution in [2.24, 2.45) is 0 Å². The number of rotatable bonds is 6. The van der Waals surface area contributed by atoms with Gasteiger partial charge in [0.2, 0.25) is 0 Å². The minimum Gasteiger partial charge on any atom is -0.339 e. The minimum absolute atomic E-state index is 0.0329. The topological polar surface area (TPSA) is 74.3 Å². The van der Waals surface area contributed by atoms with Crippen LogP contribution in [-0.2, 0) is 0 Å². The molecule has 27 heavy (non-hydrogen) atoms. The number of likely N-dealkylation sites (tertiary alicyclic amines) is 1. The fourth-order valence-electron chi connectivity index (χ4n) is 2.94. The molecule has 0 bridgehead atoms. The van der Waals surface area contributed by atoms with Crippen LogP contribution in [-0.4, -0.2) is 47.2 Å². The number of carbonyl (C=O) groups excluding carboxylic acids is 2. The van der Waals surface area contributed by atoms with Gasteiger partial charge >= 0.3 is 6.03 Å². The van der Waals surface area contributed by atoms with Gasteiger partial charge < -0.3 is 15.5 Å². The third-order valence-electron chi connectivity index (χ3n) is 4.29. The van der Waals surface area contributed by atoms with Gasteiger partial charge in [0, 0.05) is 42.8 Å². The molecule has 1 aromatic heterocycles. The molecule has 0 aliphatic carbocycles. The van der Waals surface area contributed by atoms with Gasteiger partial charge in [-0.2, -0.15) is 0 Å². The summed E-state index contributed by atoms with van der Waals surface area (Å²) in [6.45, 7) is 2.15.